The van der Waals surface area contributed by atoms with Crippen molar-refractivity contribution in [3.05, 3.63) is 34.9 Å². The fraction of sp³-hybridized carbons (Fsp3) is 0.526. The number of amides is 1. The molecule has 0 saturated carbocycles. The maximum absolute atomic E-state index is 13.0. The van der Waals surface area contributed by atoms with Gasteiger partial charge in [0.25, 0.3) is 0 Å². The zero-order valence-electron chi connectivity index (χ0n) is 13.4. The van der Waals surface area contributed by atoms with E-state index in [4.69, 9.17) is 18.0 Å². The molecular weight excluding hydrogens is 308 g/mol. The molecule has 1 amide bonds. The summed E-state index contributed by atoms with van der Waals surface area (Å²) >= 11 is 6.12. The van der Waals surface area contributed by atoms with Crippen LogP contribution >= 0.6 is 11.6 Å². The molecule has 2 heterocycles. The fourth-order valence-corrected chi connectivity index (χ4v) is 3.99. The monoisotopic (exact) mass is 330 g/mol. The van der Waals surface area contributed by atoms with Gasteiger partial charge in [0.15, 0.2) is 0 Å². The van der Waals surface area contributed by atoms with Gasteiger partial charge >= 0.3 is 0 Å². The highest BCUT2D eigenvalue weighted by Crippen LogP contribution is 2.35. The maximum Gasteiger partial charge on any atom is 0.226 e. The number of carbonyl (C=O) groups excluding carboxylic acids is 1. The average Bonchev–Trinajstić information content (AvgIpc) is 3.05. The van der Waals surface area contributed by atoms with Gasteiger partial charge in [0.2, 0.25) is 5.91 Å². The summed E-state index contributed by atoms with van der Waals surface area (Å²) < 4.78 is 0. The molecule has 0 bridgehead atoms. The molecule has 2 aliphatic heterocycles. The number of halogens is 1. The summed E-state index contributed by atoms with van der Waals surface area (Å²) in [5, 5.41) is 0.740. The normalized spacial score (nSPS) is 23.0. The predicted octanol–water partition coefficient (Wildman–Crippen LogP) is 3.35. The van der Waals surface area contributed by atoms with E-state index < -0.39 is 0 Å². The minimum atomic E-state index is 0.142. The molecule has 3 rings (SSSR count). The highest BCUT2D eigenvalue weighted by molar-refractivity contribution is 6.30. The zero-order valence-corrected chi connectivity index (χ0v) is 14.1. The summed E-state index contributed by atoms with van der Waals surface area (Å²) in [4.78, 5) is 17.3. The quantitative estimate of drug-likeness (QED) is 0.793. The van der Waals surface area contributed by atoms with Gasteiger partial charge in [-0.25, -0.2) is 0 Å². The summed E-state index contributed by atoms with van der Waals surface area (Å²) in [6, 6.07) is 8.11. The number of hydrogen-bond donors (Lipinski definition) is 0. The second-order valence-electron chi connectivity index (χ2n) is 6.50. The van der Waals surface area contributed by atoms with Gasteiger partial charge in [0, 0.05) is 17.5 Å². The molecule has 4 heteroatoms. The Labute approximate surface area is 143 Å². The molecule has 0 aliphatic carbocycles. The molecule has 3 nitrogen and oxygen atoms in total. The summed E-state index contributed by atoms with van der Waals surface area (Å²) in [6.07, 6.45) is 9.30. The Bertz CT molecular complexity index is 602. The Hall–Kier alpha value is -1.50. The minimum Gasteiger partial charge on any atom is -0.335 e. The van der Waals surface area contributed by atoms with Gasteiger partial charge in [0.05, 0.1) is 12.6 Å². The minimum absolute atomic E-state index is 0.142. The van der Waals surface area contributed by atoms with Gasteiger partial charge in [-0.05, 0) is 56.5 Å². The van der Waals surface area contributed by atoms with Crippen LogP contribution in [-0.2, 0) is 4.79 Å². The third kappa shape index (κ3) is 3.71. The summed E-state index contributed by atoms with van der Waals surface area (Å²) in [6.45, 7) is 3.41. The van der Waals surface area contributed by atoms with Crippen LogP contribution in [0, 0.1) is 18.3 Å². The Kier molecular flexibility index (Phi) is 5.25. The molecule has 2 aliphatic rings. The molecule has 2 fully saturated rings. The second kappa shape index (κ2) is 7.38. The van der Waals surface area contributed by atoms with E-state index in [1.54, 1.807) is 0 Å². The first kappa shape index (κ1) is 16.4. The van der Waals surface area contributed by atoms with Crippen LogP contribution in [0.4, 0.5) is 0 Å². The smallest absolute Gasteiger partial charge is 0.226 e. The van der Waals surface area contributed by atoms with Crippen LogP contribution in [0.3, 0.4) is 0 Å². The molecule has 0 radical (unpaired) electrons. The molecule has 0 N–H and O–H groups in total. The van der Waals surface area contributed by atoms with Crippen molar-refractivity contribution in [2.24, 2.45) is 5.92 Å². The number of nitrogens with zero attached hydrogens (tertiary/aromatic N) is 2. The molecule has 1 aromatic rings. The first-order valence-corrected chi connectivity index (χ1v) is 8.78. The summed E-state index contributed by atoms with van der Waals surface area (Å²) in [5.74, 6) is 3.14. The Balaban J connectivity index is 1.66. The Morgan fingerprint density at radius 2 is 2.04 bits per heavy atom. The molecule has 23 heavy (non-hydrogen) atoms. The number of carbonyl (C=O) groups is 1. The van der Waals surface area contributed by atoms with E-state index >= 15 is 0 Å². The molecule has 2 saturated heterocycles. The molecule has 0 spiro atoms. The van der Waals surface area contributed by atoms with E-state index in [1.807, 2.05) is 18.2 Å². The third-order valence-electron chi connectivity index (χ3n) is 5.02. The number of likely N-dealkylation sites (tertiary alicyclic amines) is 2. The van der Waals surface area contributed by atoms with Crippen molar-refractivity contribution in [3.8, 4) is 12.3 Å². The summed E-state index contributed by atoms with van der Waals surface area (Å²) in [7, 11) is 0. The van der Waals surface area contributed by atoms with Crippen LogP contribution in [-0.4, -0.2) is 41.9 Å². The lowest BCUT2D eigenvalue weighted by Crippen LogP contribution is -2.42. The van der Waals surface area contributed by atoms with Gasteiger partial charge in [-0.3, -0.25) is 9.69 Å². The Morgan fingerprint density at radius 1 is 1.26 bits per heavy atom. The van der Waals surface area contributed by atoms with E-state index in [1.165, 1.54) is 0 Å². The van der Waals surface area contributed by atoms with Crippen molar-refractivity contribution < 1.29 is 4.79 Å². The van der Waals surface area contributed by atoms with Gasteiger partial charge in [-0.2, -0.15) is 0 Å². The largest absolute Gasteiger partial charge is 0.335 e. The zero-order chi connectivity index (χ0) is 16.2. The van der Waals surface area contributed by atoms with E-state index in [0.29, 0.717) is 12.5 Å². The second-order valence-corrected chi connectivity index (χ2v) is 6.94. The highest BCUT2D eigenvalue weighted by atomic mass is 35.5. The fourth-order valence-electron chi connectivity index (χ4n) is 3.79. The van der Waals surface area contributed by atoms with Crippen LogP contribution in [0.15, 0.2) is 24.3 Å². The first-order valence-electron chi connectivity index (χ1n) is 8.41. The van der Waals surface area contributed by atoms with Crippen molar-refractivity contribution in [1.29, 1.82) is 0 Å². The topological polar surface area (TPSA) is 23.6 Å². The van der Waals surface area contributed by atoms with Gasteiger partial charge in [0.1, 0.15) is 0 Å². The predicted molar refractivity (Wildman–Crippen MR) is 93.1 cm³/mol. The molecule has 0 aromatic heterocycles. The molecule has 1 aromatic carbocycles. The standard InChI is InChI=1S/C19H23ClN2O/c1-2-10-21-12-8-15(9-13-21)19(23)22-11-4-7-18(22)16-5-3-6-17(20)14-16/h1,3,5-6,14-15,18H,4,7-13H2. The molecule has 1 unspecified atom stereocenters. The van der Waals surface area contributed by atoms with Crippen LogP contribution in [0.25, 0.3) is 0 Å². The first-order chi connectivity index (χ1) is 11.2. The van der Waals surface area contributed by atoms with E-state index in [9.17, 15) is 4.79 Å². The number of benzene rings is 1. The number of hydrogen-bond acceptors (Lipinski definition) is 2. The van der Waals surface area contributed by atoms with Gasteiger partial charge in [-0.1, -0.05) is 29.7 Å². The molecular formula is C19H23ClN2O. The number of terminal acetylenes is 1. The molecule has 122 valence electrons. The van der Waals surface area contributed by atoms with Crippen molar-refractivity contribution in [3.63, 3.8) is 0 Å². The van der Waals surface area contributed by atoms with Crippen molar-refractivity contribution in [2.45, 2.75) is 31.7 Å². The number of rotatable bonds is 3. The maximum atomic E-state index is 13.0. The average molecular weight is 331 g/mol. The lowest BCUT2D eigenvalue weighted by atomic mass is 9.94. The van der Waals surface area contributed by atoms with Crippen molar-refractivity contribution >= 4 is 17.5 Å². The highest BCUT2D eigenvalue weighted by Gasteiger charge is 2.35. The lowest BCUT2D eigenvalue weighted by molar-refractivity contribution is -0.138. The van der Waals surface area contributed by atoms with Crippen LogP contribution in [0.5, 0.6) is 0 Å². The molecule has 1 atom stereocenters. The third-order valence-corrected chi connectivity index (χ3v) is 5.26. The van der Waals surface area contributed by atoms with E-state index in [-0.39, 0.29) is 12.0 Å². The van der Waals surface area contributed by atoms with Crippen LogP contribution < -0.4 is 0 Å². The van der Waals surface area contributed by atoms with Gasteiger partial charge in [-0.15, -0.1) is 6.42 Å². The Morgan fingerprint density at radius 3 is 2.74 bits per heavy atom. The summed E-state index contributed by atoms with van der Waals surface area (Å²) in [5.41, 5.74) is 1.16. The van der Waals surface area contributed by atoms with Crippen molar-refractivity contribution in [2.75, 3.05) is 26.2 Å². The van der Waals surface area contributed by atoms with Crippen molar-refractivity contribution in [1.82, 2.24) is 9.80 Å². The number of piperidine rings is 1. The van der Waals surface area contributed by atoms with Gasteiger partial charge < -0.3 is 4.90 Å². The van der Waals surface area contributed by atoms with E-state index in [0.717, 1.165) is 55.9 Å². The van der Waals surface area contributed by atoms with E-state index in [2.05, 4.69) is 21.8 Å². The van der Waals surface area contributed by atoms with Crippen LogP contribution in [0.2, 0.25) is 5.02 Å². The SMILES string of the molecule is C#CCN1CCC(C(=O)N2CCCC2c2cccc(Cl)c2)CC1. The lowest BCUT2D eigenvalue weighted by Gasteiger charge is -2.34. The van der Waals surface area contributed by atoms with Crippen LogP contribution in [0.1, 0.15) is 37.3 Å².